The topological polar surface area (TPSA) is 43.7 Å². The molecule has 2 N–H and O–H groups in total. The highest BCUT2D eigenvalue weighted by Crippen LogP contribution is 2.32. The van der Waals surface area contributed by atoms with Gasteiger partial charge in [0, 0.05) is 25.3 Å². The fraction of sp³-hybridized carbons (Fsp3) is 0.238. The van der Waals surface area contributed by atoms with Crippen LogP contribution in [0.1, 0.15) is 30.5 Å². The molecule has 3 heteroatoms. The number of aromatic hydroxyl groups is 2. The molecule has 3 nitrogen and oxygen atoms in total. The SMILES string of the molecule is CC(C)=CCc1cc(/C=C/c2ccc(N(C)C)cc2)cc(O)c1O. The second kappa shape index (κ2) is 7.73. The van der Waals surface area contributed by atoms with Gasteiger partial charge in [-0.25, -0.2) is 0 Å². The van der Waals surface area contributed by atoms with Gasteiger partial charge in [0.05, 0.1) is 0 Å². The van der Waals surface area contributed by atoms with Gasteiger partial charge in [-0.05, 0) is 55.7 Å². The van der Waals surface area contributed by atoms with Crippen LogP contribution in [-0.2, 0) is 6.42 Å². The Morgan fingerprint density at radius 3 is 2.17 bits per heavy atom. The van der Waals surface area contributed by atoms with Gasteiger partial charge in [-0.15, -0.1) is 0 Å². The summed E-state index contributed by atoms with van der Waals surface area (Å²) in [7, 11) is 4.02. The number of hydrogen-bond acceptors (Lipinski definition) is 3. The smallest absolute Gasteiger partial charge is 0.161 e. The maximum atomic E-state index is 9.99. The van der Waals surface area contributed by atoms with E-state index in [1.807, 2.05) is 52.2 Å². The lowest BCUT2D eigenvalue weighted by molar-refractivity contribution is 0.400. The standard InChI is InChI=1S/C21H25NO2/c1-15(2)5-10-18-13-17(14-20(23)21(18)24)7-6-16-8-11-19(12-9-16)22(3)4/h5-9,11-14,23-24H,10H2,1-4H3/b7-6+. The summed E-state index contributed by atoms with van der Waals surface area (Å²) in [6, 6.07) is 11.7. The second-order valence-corrected chi connectivity index (χ2v) is 6.35. The molecule has 0 aliphatic rings. The molecule has 0 fully saturated rings. The fourth-order valence-corrected chi connectivity index (χ4v) is 2.34. The van der Waals surface area contributed by atoms with Crippen LogP contribution in [0.3, 0.4) is 0 Å². The van der Waals surface area contributed by atoms with Crippen LogP contribution in [-0.4, -0.2) is 24.3 Å². The molecular weight excluding hydrogens is 298 g/mol. The molecule has 0 bridgehead atoms. The predicted octanol–water partition coefficient (Wildman–Crippen LogP) is 4.84. The number of allylic oxidation sites excluding steroid dienone is 2. The Hall–Kier alpha value is -2.68. The molecule has 0 unspecified atom stereocenters. The minimum atomic E-state index is -0.0859. The predicted molar refractivity (Wildman–Crippen MR) is 103 cm³/mol. The van der Waals surface area contributed by atoms with Crippen molar-refractivity contribution in [1.82, 2.24) is 0 Å². The summed E-state index contributed by atoms with van der Waals surface area (Å²) in [6.07, 6.45) is 6.56. The van der Waals surface area contributed by atoms with Crippen LogP contribution >= 0.6 is 0 Å². The number of phenolic OH excluding ortho intramolecular Hbond substituents is 2. The molecule has 0 aliphatic carbocycles. The van der Waals surface area contributed by atoms with Crippen molar-refractivity contribution in [2.24, 2.45) is 0 Å². The molecule has 0 amide bonds. The Bertz CT molecular complexity index is 752. The Morgan fingerprint density at radius 2 is 1.58 bits per heavy atom. The molecule has 2 aromatic carbocycles. The van der Waals surface area contributed by atoms with E-state index in [1.54, 1.807) is 6.07 Å². The molecule has 0 radical (unpaired) electrons. The van der Waals surface area contributed by atoms with Gasteiger partial charge in [0.25, 0.3) is 0 Å². The third kappa shape index (κ3) is 4.66. The molecule has 0 saturated carbocycles. The molecule has 2 aromatic rings. The van der Waals surface area contributed by atoms with Crippen molar-refractivity contribution >= 4 is 17.8 Å². The van der Waals surface area contributed by atoms with E-state index in [2.05, 4.69) is 29.2 Å². The molecule has 2 rings (SSSR count). The minimum absolute atomic E-state index is 0.0417. The van der Waals surface area contributed by atoms with Crippen LogP contribution < -0.4 is 4.90 Å². The average molecular weight is 323 g/mol. The Kier molecular flexibility index (Phi) is 5.69. The van der Waals surface area contributed by atoms with Crippen molar-refractivity contribution < 1.29 is 10.2 Å². The maximum Gasteiger partial charge on any atom is 0.161 e. The van der Waals surface area contributed by atoms with E-state index in [4.69, 9.17) is 0 Å². The monoisotopic (exact) mass is 323 g/mol. The van der Waals surface area contributed by atoms with Crippen LogP contribution in [0.5, 0.6) is 11.5 Å². The number of benzene rings is 2. The first-order valence-corrected chi connectivity index (χ1v) is 8.00. The first-order chi connectivity index (χ1) is 11.4. The van der Waals surface area contributed by atoms with E-state index in [0.717, 1.165) is 22.4 Å². The van der Waals surface area contributed by atoms with Gasteiger partial charge in [-0.3, -0.25) is 0 Å². The van der Waals surface area contributed by atoms with Crippen molar-refractivity contribution in [2.75, 3.05) is 19.0 Å². The zero-order chi connectivity index (χ0) is 17.7. The van der Waals surface area contributed by atoms with E-state index < -0.39 is 0 Å². The summed E-state index contributed by atoms with van der Waals surface area (Å²) >= 11 is 0. The van der Waals surface area contributed by atoms with E-state index in [-0.39, 0.29) is 11.5 Å². The normalized spacial score (nSPS) is 10.8. The van der Waals surface area contributed by atoms with Crippen molar-refractivity contribution in [2.45, 2.75) is 20.3 Å². The van der Waals surface area contributed by atoms with E-state index >= 15 is 0 Å². The van der Waals surface area contributed by atoms with Crippen LogP contribution in [0.15, 0.2) is 48.0 Å². The van der Waals surface area contributed by atoms with Gasteiger partial charge in [0.2, 0.25) is 0 Å². The van der Waals surface area contributed by atoms with Gasteiger partial charge in [0.1, 0.15) is 0 Å². The average Bonchev–Trinajstić information content (AvgIpc) is 2.54. The molecule has 0 atom stereocenters. The van der Waals surface area contributed by atoms with Gasteiger partial charge < -0.3 is 15.1 Å². The number of anilines is 1. The molecule has 0 spiro atoms. The molecule has 0 heterocycles. The lowest BCUT2D eigenvalue weighted by atomic mass is 10.0. The summed E-state index contributed by atoms with van der Waals surface area (Å²) < 4.78 is 0. The summed E-state index contributed by atoms with van der Waals surface area (Å²) in [5, 5.41) is 19.9. The number of nitrogens with zero attached hydrogens (tertiary/aromatic N) is 1. The highest BCUT2D eigenvalue weighted by Gasteiger charge is 2.07. The highest BCUT2D eigenvalue weighted by molar-refractivity contribution is 5.72. The zero-order valence-corrected chi connectivity index (χ0v) is 14.7. The van der Waals surface area contributed by atoms with Gasteiger partial charge >= 0.3 is 0 Å². The van der Waals surface area contributed by atoms with Crippen molar-refractivity contribution in [3.05, 3.63) is 64.7 Å². The lowest BCUT2D eigenvalue weighted by Crippen LogP contribution is -2.07. The second-order valence-electron chi connectivity index (χ2n) is 6.35. The van der Waals surface area contributed by atoms with Crippen LogP contribution in [0.25, 0.3) is 12.2 Å². The molecule has 24 heavy (non-hydrogen) atoms. The Morgan fingerprint density at radius 1 is 0.958 bits per heavy atom. The fourth-order valence-electron chi connectivity index (χ4n) is 2.34. The molecular formula is C21H25NO2. The maximum absolute atomic E-state index is 9.99. The minimum Gasteiger partial charge on any atom is -0.504 e. The Labute approximate surface area is 144 Å². The highest BCUT2D eigenvalue weighted by atomic mass is 16.3. The first kappa shape index (κ1) is 17.7. The quantitative estimate of drug-likeness (QED) is 0.470. The molecule has 126 valence electrons. The van der Waals surface area contributed by atoms with E-state index in [1.165, 1.54) is 5.57 Å². The summed E-state index contributed by atoms with van der Waals surface area (Å²) in [5.74, 6) is -0.128. The summed E-state index contributed by atoms with van der Waals surface area (Å²) in [6.45, 7) is 4.02. The van der Waals surface area contributed by atoms with E-state index in [0.29, 0.717) is 6.42 Å². The largest absolute Gasteiger partial charge is 0.504 e. The third-order valence-corrected chi connectivity index (χ3v) is 3.80. The van der Waals surface area contributed by atoms with Gasteiger partial charge in [0.15, 0.2) is 11.5 Å². The van der Waals surface area contributed by atoms with Crippen LogP contribution in [0.4, 0.5) is 5.69 Å². The molecule has 0 aliphatic heterocycles. The summed E-state index contributed by atoms with van der Waals surface area (Å²) in [4.78, 5) is 2.06. The number of phenols is 2. The first-order valence-electron chi connectivity index (χ1n) is 8.00. The molecule has 0 aromatic heterocycles. The number of hydrogen-bond donors (Lipinski definition) is 2. The summed E-state index contributed by atoms with van der Waals surface area (Å²) in [5.41, 5.74) is 4.99. The van der Waals surface area contributed by atoms with Crippen molar-refractivity contribution in [3.63, 3.8) is 0 Å². The van der Waals surface area contributed by atoms with Crippen LogP contribution in [0.2, 0.25) is 0 Å². The number of rotatable bonds is 5. The van der Waals surface area contributed by atoms with Crippen molar-refractivity contribution in [1.29, 1.82) is 0 Å². The lowest BCUT2D eigenvalue weighted by Gasteiger charge is -2.11. The van der Waals surface area contributed by atoms with E-state index in [9.17, 15) is 10.2 Å². The van der Waals surface area contributed by atoms with Crippen LogP contribution in [0, 0.1) is 0 Å². The van der Waals surface area contributed by atoms with Gasteiger partial charge in [-0.2, -0.15) is 0 Å². The third-order valence-electron chi connectivity index (χ3n) is 3.80. The van der Waals surface area contributed by atoms with Crippen molar-refractivity contribution in [3.8, 4) is 11.5 Å². The zero-order valence-electron chi connectivity index (χ0n) is 14.7. The Balaban J connectivity index is 2.23. The molecule has 0 saturated heterocycles. The van der Waals surface area contributed by atoms with Gasteiger partial charge in [-0.1, -0.05) is 35.9 Å².